The van der Waals surface area contributed by atoms with Gasteiger partial charge >= 0.3 is 0 Å². The Bertz CT molecular complexity index is 779. The molecule has 0 spiro atoms. The maximum Gasteiger partial charge on any atom is 0.261 e. The number of hydrogen-bond acceptors (Lipinski definition) is 5. The first-order chi connectivity index (χ1) is 14.4. The molecule has 0 fully saturated rings. The number of methoxy groups -OCH3 is 1. The monoisotopic (exact) mass is 428 g/mol. The summed E-state index contributed by atoms with van der Waals surface area (Å²) < 4.78 is 18.1. The van der Waals surface area contributed by atoms with E-state index in [1.165, 1.54) is 10.4 Å². The van der Waals surface area contributed by atoms with Crippen LogP contribution in [0.25, 0.3) is 0 Å². The lowest BCUT2D eigenvalue weighted by molar-refractivity contribution is -0.363. The van der Waals surface area contributed by atoms with E-state index in [9.17, 15) is 0 Å². The van der Waals surface area contributed by atoms with Crippen molar-refractivity contribution in [3.63, 3.8) is 0 Å². The quantitative estimate of drug-likeness (QED) is 0.214. The first kappa shape index (κ1) is 22.9. The number of rotatable bonds is 9. The van der Waals surface area contributed by atoms with Gasteiger partial charge in [0.05, 0.1) is 0 Å². The van der Waals surface area contributed by atoms with Crippen molar-refractivity contribution in [2.24, 2.45) is 0 Å². The van der Waals surface area contributed by atoms with Gasteiger partial charge in [0.25, 0.3) is 8.32 Å². The molecule has 6 heteroatoms. The second-order valence-electron chi connectivity index (χ2n) is 8.58. The Morgan fingerprint density at radius 2 is 1.57 bits per heavy atom. The van der Waals surface area contributed by atoms with Gasteiger partial charge in [0.2, 0.25) is 6.29 Å². The SMILES string of the molecule is COC1(CCCO[Si](c2ccccc2)(c2ccccc2)C(C)(C)C)C=CC(OO)O1. The van der Waals surface area contributed by atoms with E-state index >= 15 is 0 Å². The minimum absolute atomic E-state index is 0.0613. The second-order valence-corrected chi connectivity index (χ2v) is 12.9. The topological polar surface area (TPSA) is 57.2 Å². The van der Waals surface area contributed by atoms with Gasteiger partial charge in [-0.05, 0) is 34.0 Å². The Kier molecular flexibility index (Phi) is 7.28. The average Bonchev–Trinajstić information content (AvgIpc) is 3.18. The molecule has 162 valence electrons. The zero-order valence-corrected chi connectivity index (χ0v) is 19.2. The third-order valence-corrected chi connectivity index (χ3v) is 10.7. The first-order valence-corrected chi connectivity index (χ1v) is 12.3. The fourth-order valence-corrected chi connectivity index (χ4v) is 8.83. The van der Waals surface area contributed by atoms with Gasteiger partial charge in [-0.3, -0.25) is 0 Å². The summed E-state index contributed by atoms with van der Waals surface area (Å²) in [4.78, 5) is 4.28. The van der Waals surface area contributed by atoms with E-state index in [1.807, 2.05) is 12.1 Å². The summed E-state index contributed by atoms with van der Waals surface area (Å²) in [5.74, 6) is -0.901. The first-order valence-electron chi connectivity index (χ1n) is 10.3. The van der Waals surface area contributed by atoms with E-state index < -0.39 is 20.4 Å². The van der Waals surface area contributed by atoms with E-state index in [-0.39, 0.29) is 5.04 Å². The zero-order chi connectivity index (χ0) is 21.7. The van der Waals surface area contributed by atoms with Gasteiger partial charge in [-0.15, -0.1) is 0 Å². The number of hydrogen-bond donors (Lipinski definition) is 1. The molecule has 1 N–H and O–H groups in total. The van der Waals surface area contributed by atoms with Crippen LogP contribution in [0.15, 0.2) is 72.8 Å². The second kappa shape index (κ2) is 9.56. The van der Waals surface area contributed by atoms with E-state index in [4.69, 9.17) is 19.2 Å². The summed E-state index contributed by atoms with van der Waals surface area (Å²) in [6, 6.07) is 21.2. The lowest BCUT2D eigenvalue weighted by Crippen LogP contribution is -2.66. The summed E-state index contributed by atoms with van der Waals surface area (Å²) in [6.07, 6.45) is 3.96. The lowest BCUT2D eigenvalue weighted by atomic mass is 10.1. The highest BCUT2D eigenvalue weighted by Crippen LogP contribution is 2.37. The highest BCUT2D eigenvalue weighted by atomic mass is 28.4. The highest BCUT2D eigenvalue weighted by molar-refractivity contribution is 6.99. The molecule has 2 aromatic rings. The Morgan fingerprint density at radius 3 is 2.00 bits per heavy atom. The molecule has 30 heavy (non-hydrogen) atoms. The minimum atomic E-state index is -2.55. The van der Waals surface area contributed by atoms with Crippen LogP contribution in [0.4, 0.5) is 0 Å². The zero-order valence-electron chi connectivity index (χ0n) is 18.2. The van der Waals surface area contributed by atoms with Gasteiger partial charge in [-0.2, -0.15) is 0 Å². The molecule has 2 atom stereocenters. The Morgan fingerprint density at radius 1 is 1.00 bits per heavy atom. The number of ether oxygens (including phenoxy) is 2. The van der Waals surface area contributed by atoms with Crippen molar-refractivity contribution < 1.29 is 24.0 Å². The third kappa shape index (κ3) is 4.59. The van der Waals surface area contributed by atoms with Crippen LogP contribution in [0, 0.1) is 0 Å². The van der Waals surface area contributed by atoms with Gasteiger partial charge in [0, 0.05) is 20.1 Å². The molecule has 0 saturated heterocycles. The maximum atomic E-state index is 8.86. The molecule has 1 aliphatic rings. The molecule has 2 unspecified atom stereocenters. The van der Waals surface area contributed by atoms with Crippen molar-refractivity contribution in [2.45, 2.75) is 50.7 Å². The molecule has 0 amide bonds. The predicted molar refractivity (Wildman–Crippen MR) is 120 cm³/mol. The molecule has 0 saturated carbocycles. The summed E-state index contributed by atoms with van der Waals surface area (Å²) in [5, 5.41) is 11.3. The van der Waals surface area contributed by atoms with Gasteiger partial charge in [0.1, 0.15) is 0 Å². The minimum Gasteiger partial charge on any atom is -0.407 e. The largest absolute Gasteiger partial charge is 0.407 e. The van der Waals surface area contributed by atoms with Crippen molar-refractivity contribution in [1.82, 2.24) is 0 Å². The van der Waals surface area contributed by atoms with Gasteiger partial charge in [0.15, 0.2) is 5.79 Å². The van der Waals surface area contributed by atoms with Crippen LogP contribution in [-0.4, -0.2) is 39.4 Å². The van der Waals surface area contributed by atoms with Crippen molar-refractivity contribution in [1.29, 1.82) is 0 Å². The lowest BCUT2D eigenvalue weighted by Gasteiger charge is -2.43. The van der Waals surface area contributed by atoms with Gasteiger partial charge in [-0.25, -0.2) is 10.1 Å². The van der Waals surface area contributed by atoms with Gasteiger partial charge < -0.3 is 13.9 Å². The molecular weight excluding hydrogens is 396 g/mol. The molecule has 0 aromatic heterocycles. The average molecular weight is 429 g/mol. The third-order valence-electron chi connectivity index (χ3n) is 5.68. The van der Waals surface area contributed by atoms with Crippen molar-refractivity contribution in [3.05, 3.63) is 72.8 Å². The standard InChI is InChI=1S/C24H32O5Si/c1-23(2,3)30(20-12-7-5-8-13-20,21-14-9-6-10-15-21)27-19-11-17-24(26-4)18-16-22(28-24)29-25/h5-10,12-16,18,22,25H,11,17,19H2,1-4H3. The summed E-state index contributed by atoms with van der Waals surface area (Å²) in [5.41, 5.74) is 0. The van der Waals surface area contributed by atoms with Crippen molar-refractivity contribution in [3.8, 4) is 0 Å². The van der Waals surface area contributed by atoms with Crippen LogP contribution in [0.3, 0.4) is 0 Å². The van der Waals surface area contributed by atoms with Crippen LogP contribution < -0.4 is 10.4 Å². The fourth-order valence-electron chi connectivity index (χ4n) is 4.22. The molecular formula is C24H32O5Si. The Hall–Kier alpha value is -1.80. The number of benzene rings is 2. The van der Waals surface area contributed by atoms with Crippen LogP contribution in [-0.2, 0) is 18.8 Å². The molecule has 0 bridgehead atoms. The smallest absolute Gasteiger partial charge is 0.261 e. The summed E-state index contributed by atoms with van der Waals surface area (Å²) >= 11 is 0. The highest BCUT2D eigenvalue weighted by Gasteiger charge is 2.50. The van der Waals surface area contributed by atoms with E-state index in [1.54, 1.807) is 19.3 Å². The maximum absolute atomic E-state index is 8.86. The molecule has 3 rings (SSSR count). The summed E-state index contributed by atoms with van der Waals surface area (Å²) in [7, 11) is -0.955. The fraction of sp³-hybridized carbons (Fsp3) is 0.417. The molecule has 1 aliphatic heterocycles. The van der Waals surface area contributed by atoms with E-state index in [0.717, 1.165) is 6.42 Å². The Labute approximate surface area is 180 Å². The van der Waals surface area contributed by atoms with Crippen molar-refractivity contribution >= 4 is 18.7 Å². The molecule has 0 aliphatic carbocycles. The molecule has 2 aromatic carbocycles. The van der Waals surface area contributed by atoms with Gasteiger partial charge in [-0.1, -0.05) is 81.4 Å². The van der Waals surface area contributed by atoms with E-state index in [0.29, 0.717) is 13.0 Å². The normalized spacial score (nSPS) is 21.8. The Balaban J connectivity index is 1.83. The van der Waals surface area contributed by atoms with Crippen LogP contribution in [0.1, 0.15) is 33.6 Å². The molecule has 0 radical (unpaired) electrons. The van der Waals surface area contributed by atoms with Crippen molar-refractivity contribution in [2.75, 3.05) is 13.7 Å². The summed E-state index contributed by atoms with van der Waals surface area (Å²) in [6.45, 7) is 7.37. The van der Waals surface area contributed by atoms with Crippen LogP contribution >= 0.6 is 0 Å². The molecule has 5 nitrogen and oxygen atoms in total. The van der Waals surface area contributed by atoms with E-state index in [2.05, 4.69) is 74.2 Å². The molecule has 1 heterocycles. The van der Waals surface area contributed by atoms with Crippen LogP contribution in [0.2, 0.25) is 5.04 Å². The predicted octanol–water partition coefficient (Wildman–Crippen LogP) is 4.09. The van der Waals surface area contributed by atoms with Crippen LogP contribution in [0.5, 0.6) is 0 Å².